The highest BCUT2D eigenvalue weighted by Crippen LogP contribution is 2.39. The molecule has 23 heavy (non-hydrogen) atoms. The smallest absolute Gasteiger partial charge is 0.251 e. The molecule has 0 bridgehead atoms. The molecular formula is C16H24N4O3. The maximum Gasteiger partial charge on any atom is 0.251 e. The fraction of sp³-hybridized carbons (Fsp3) is 0.688. The standard InChI is InChI=1S/C16H24N4O3/c1-19-12(8-13(18-19)11-5-6-11)9-17-15(22)10-20-7-3-2-4-14(21)16(20)23/h8,11,14,21H,2-7,9-10H2,1H3,(H,17,22). The molecule has 2 heterocycles. The van der Waals surface area contributed by atoms with Gasteiger partial charge in [0, 0.05) is 19.5 Å². The Morgan fingerprint density at radius 1 is 1.39 bits per heavy atom. The Morgan fingerprint density at radius 2 is 2.17 bits per heavy atom. The van der Waals surface area contributed by atoms with Gasteiger partial charge < -0.3 is 15.3 Å². The lowest BCUT2D eigenvalue weighted by Gasteiger charge is -2.21. The van der Waals surface area contributed by atoms with E-state index in [0.29, 0.717) is 25.4 Å². The van der Waals surface area contributed by atoms with Crippen LogP contribution in [0.4, 0.5) is 0 Å². The summed E-state index contributed by atoms with van der Waals surface area (Å²) in [6.07, 6.45) is 3.54. The van der Waals surface area contributed by atoms with Crippen LogP contribution in [0, 0.1) is 0 Å². The third-order valence-corrected chi connectivity index (χ3v) is 4.54. The van der Waals surface area contributed by atoms with E-state index in [1.165, 1.54) is 17.7 Å². The molecule has 1 unspecified atom stereocenters. The Kier molecular flexibility index (Phi) is 4.66. The minimum atomic E-state index is -0.969. The fourth-order valence-electron chi connectivity index (χ4n) is 2.93. The molecule has 2 aliphatic rings. The molecule has 1 aliphatic heterocycles. The number of carbonyl (C=O) groups is 2. The van der Waals surface area contributed by atoms with Crippen molar-refractivity contribution < 1.29 is 14.7 Å². The van der Waals surface area contributed by atoms with Crippen molar-refractivity contribution in [3.8, 4) is 0 Å². The lowest BCUT2D eigenvalue weighted by molar-refractivity contribution is -0.142. The number of hydrogen-bond acceptors (Lipinski definition) is 4. The molecule has 2 amide bonds. The summed E-state index contributed by atoms with van der Waals surface area (Å²) in [6.45, 7) is 0.934. The van der Waals surface area contributed by atoms with Crippen LogP contribution in [0.25, 0.3) is 0 Å². The molecule has 3 rings (SSSR count). The Morgan fingerprint density at radius 3 is 2.91 bits per heavy atom. The molecule has 7 heteroatoms. The van der Waals surface area contributed by atoms with Crippen molar-refractivity contribution in [3.63, 3.8) is 0 Å². The maximum absolute atomic E-state index is 12.1. The number of aryl methyl sites for hydroxylation is 1. The summed E-state index contributed by atoms with van der Waals surface area (Å²) in [6, 6.07) is 2.04. The van der Waals surface area contributed by atoms with E-state index in [9.17, 15) is 14.7 Å². The molecule has 1 aromatic heterocycles. The molecule has 2 fully saturated rings. The van der Waals surface area contributed by atoms with Crippen LogP contribution in [0.15, 0.2) is 6.07 Å². The minimum Gasteiger partial charge on any atom is -0.383 e. The number of nitrogens with zero attached hydrogens (tertiary/aromatic N) is 3. The minimum absolute atomic E-state index is 0.00320. The second-order valence-corrected chi connectivity index (χ2v) is 6.51. The summed E-state index contributed by atoms with van der Waals surface area (Å²) >= 11 is 0. The highest BCUT2D eigenvalue weighted by molar-refractivity contribution is 5.87. The van der Waals surface area contributed by atoms with Gasteiger partial charge in [0.1, 0.15) is 6.10 Å². The Hall–Kier alpha value is -1.89. The summed E-state index contributed by atoms with van der Waals surface area (Å²) in [7, 11) is 1.88. The molecule has 2 N–H and O–H groups in total. The summed E-state index contributed by atoms with van der Waals surface area (Å²) < 4.78 is 1.80. The monoisotopic (exact) mass is 320 g/mol. The molecule has 1 atom stereocenters. The number of nitrogens with one attached hydrogen (secondary N) is 1. The van der Waals surface area contributed by atoms with Crippen molar-refractivity contribution in [1.82, 2.24) is 20.0 Å². The number of carbonyl (C=O) groups excluding carboxylic acids is 2. The van der Waals surface area contributed by atoms with E-state index in [-0.39, 0.29) is 18.4 Å². The van der Waals surface area contributed by atoms with Crippen molar-refractivity contribution in [3.05, 3.63) is 17.5 Å². The highest BCUT2D eigenvalue weighted by atomic mass is 16.3. The first-order chi connectivity index (χ1) is 11.0. The summed E-state index contributed by atoms with van der Waals surface area (Å²) in [4.78, 5) is 25.5. The average molecular weight is 320 g/mol. The van der Waals surface area contributed by atoms with E-state index in [1.54, 1.807) is 4.68 Å². The average Bonchev–Trinajstić information content (AvgIpc) is 3.32. The van der Waals surface area contributed by atoms with Crippen molar-refractivity contribution in [2.75, 3.05) is 13.1 Å². The van der Waals surface area contributed by atoms with E-state index in [1.807, 2.05) is 13.1 Å². The van der Waals surface area contributed by atoms with Gasteiger partial charge in [-0.2, -0.15) is 5.10 Å². The number of likely N-dealkylation sites (tertiary alicyclic amines) is 1. The van der Waals surface area contributed by atoms with E-state index in [2.05, 4.69) is 10.4 Å². The van der Waals surface area contributed by atoms with Gasteiger partial charge in [-0.3, -0.25) is 14.3 Å². The second kappa shape index (κ2) is 6.70. The molecule has 126 valence electrons. The van der Waals surface area contributed by atoms with Gasteiger partial charge in [-0.25, -0.2) is 0 Å². The fourth-order valence-corrected chi connectivity index (χ4v) is 2.93. The van der Waals surface area contributed by atoms with Crippen LogP contribution in [0.1, 0.15) is 49.4 Å². The number of aliphatic hydroxyl groups is 1. The second-order valence-electron chi connectivity index (χ2n) is 6.51. The van der Waals surface area contributed by atoms with E-state index in [0.717, 1.165) is 24.2 Å². The molecule has 0 radical (unpaired) electrons. The molecule has 7 nitrogen and oxygen atoms in total. The third-order valence-electron chi connectivity index (χ3n) is 4.54. The van der Waals surface area contributed by atoms with Gasteiger partial charge in [-0.05, 0) is 38.2 Å². The summed E-state index contributed by atoms with van der Waals surface area (Å²) in [5, 5.41) is 17.0. The Labute approximate surface area is 135 Å². The SMILES string of the molecule is Cn1nc(C2CC2)cc1CNC(=O)CN1CCCCC(O)C1=O. The third kappa shape index (κ3) is 3.90. The summed E-state index contributed by atoms with van der Waals surface area (Å²) in [5.41, 5.74) is 2.06. The predicted molar refractivity (Wildman–Crippen MR) is 83.5 cm³/mol. The van der Waals surface area contributed by atoms with Crippen LogP contribution in [-0.4, -0.2) is 50.8 Å². The number of aliphatic hydroxyl groups excluding tert-OH is 1. The van der Waals surface area contributed by atoms with Gasteiger partial charge in [0.05, 0.1) is 24.5 Å². The van der Waals surface area contributed by atoms with Crippen LogP contribution in [0.3, 0.4) is 0 Å². The normalized spacial score (nSPS) is 22.1. The van der Waals surface area contributed by atoms with E-state index < -0.39 is 6.10 Å². The van der Waals surface area contributed by atoms with Crippen LogP contribution < -0.4 is 5.32 Å². The molecule has 0 aromatic carbocycles. The maximum atomic E-state index is 12.1. The lowest BCUT2D eigenvalue weighted by Crippen LogP contribution is -2.44. The van der Waals surface area contributed by atoms with Crippen molar-refractivity contribution in [1.29, 1.82) is 0 Å². The highest BCUT2D eigenvalue weighted by Gasteiger charge is 2.28. The Balaban J connectivity index is 1.52. The van der Waals surface area contributed by atoms with Crippen LogP contribution in [0.2, 0.25) is 0 Å². The Bertz CT molecular complexity index is 594. The van der Waals surface area contributed by atoms with Crippen molar-refractivity contribution in [2.45, 2.75) is 50.7 Å². The van der Waals surface area contributed by atoms with Crippen molar-refractivity contribution in [2.24, 2.45) is 7.05 Å². The van der Waals surface area contributed by atoms with Gasteiger partial charge in [0.25, 0.3) is 5.91 Å². The number of hydrogen-bond donors (Lipinski definition) is 2. The first kappa shape index (κ1) is 16.0. The lowest BCUT2D eigenvalue weighted by atomic mass is 10.2. The van der Waals surface area contributed by atoms with Crippen LogP contribution in [-0.2, 0) is 23.2 Å². The zero-order valence-electron chi connectivity index (χ0n) is 13.5. The molecule has 0 spiro atoms. The summed E-state index contributed by atoms with van der Waals surface area (Å²) in [5.74, 6) is 0.0395. The van der Waals surface area contributed by atoms with Gasteiger partial charge >= 0.3 is 0 Å². The first-order valence-electron chi connectivity index (χ1n) is 8.31. The van der Waals surface area contributed by atoms with E-state index >= 15 is 0 Å². The zero-order chi connectivity index (χ0) is 16.4. The van der Waals surface area contributed by atoms with Gasteiger partial charge in [-0.1, -0.05) is 0 Å². The van der Waals surface area contributed by atoms with Crippen molar-refractivity contribution >= 4 is 11.8 Å². The first-order valence-corrected chi connectivity index (χ1v) is 8.31. The molecule has 1 saturated carbocycles. The molecule has 1 aliphatic carbocycles. The van der Waals surface area contributed by atoms with Gasteiger partial charge in [0.15, 0.2) is 0 Å². The molecule has 1 aromatic rings. The van der Waals surface area contributed by atoms with Crippen LogP contribution in [0.5, 0.6) is 0 Å². The van der Waals surface area contributed by atoms with Crippen LogP contribution >= 0.6 is 0 Å². The molecular weight excluding hydrogens is 296 g/mol. The number of amides is 2. The number of aromatic nitrogens is 2. The largest absolute Gasteiger partial charge is 0.383 e. The van der Waals surface area contributed by atoms with E-state index in [4.69, 9.17) is 0 Å². The predicted octanol–water partition coefficient (Wildman–Crippen LogP) is 0.287. The molecule has 1 saturated heterocycles. The quantitative estimate of drug-likeness (QED) is 0.816. The van der Waals surface area contributed by atoms with Gasteiger partial charge in [0.2, 0.25) is 5.91 Å². The number of rotatable bonds is 5. The zero-order valence-corrected chi connectivity index (χ0v) is 13.5. The van der Waals surface area contributed by atoms with Gasteiger partial charge in [-0.15, -0.1) is 0 Å². The topological polar surface area (TPSA) is 87.5 Å².